The van der Waals surface area contributed by atoms with Crippen molar-refractivity contribution in [3.8, 4) is 0 Å². The van der Waals surface area contributed by atoms with Gasteiger partial charge in [0, 0.05) is 14.6 Å². The van der Waals surface area contributed by atoms with Crippen LogP contribution in [0.4, 0.5) is 5.82 Å². The van der Waals surface area contributed by atoms with E-state index in [4.69, 9.17) is 11.6 Å². The highest BCUT2D eigenvalue weighted by Crippen LogP contribution is 2.16. The third-order valence-corrected chi connectivity index (χ3v) is 3.86. The summed E-state index contributed by atoms with van der Waals surface area (Å²) in [5.41, 5.74) is 0. The standard InChI is InChI=1S/C9H16ClN3Si/c1-14(2,3)5-4-12-9-8(10)6-11-7-13-9/h6-7H,4-5H2,1-3H3,(H,11,12,13). The smallest absolute Gasteiger partial charge is 0.148 e. The molecule has 5 heteroatoms. The highest BCUT2D eigenvalue weighted by molar-refractivity contribution is 6.76. The zero-order valence-electron chi connectivity index (χ0n) is 8.84. The lowest BCUT2D eigenvalue weighted by molar-refractivity contribution is 1.09. The van der Waals surface area contributed by atoms with Gasteiger partial charge in [-0.25, -0.2) is 9.97 Å². The van der Waals surface area contributed by atoms with Crippen LogP contribution in [0.3, 0.4) is 0 Å². The third kappa shape index (κ3) is 4.06. The highest BCUT2D eigenvalue weighted by atomic mass is 35.5. The second-order valence-electron chi connectivity index (χ2n) is 4.46. The van der Waals surface area contributed by atoms with Gasteiger partial charge < -0.3 is 5.32 Å². The molecule has 0 saturated carbocycles. The third-order valence-electron chi connectivity index (χ3n) is 1.84. The van der Waals surface area contributed by atoms with E-state index in [1.165, 1.54) is 12.4 Å². The summed E-state index contributed by atoms with van der Waals surface area (Å²) in [5.74, 6) is 0.736. The molecule has 1 N–H and O–H groups in total. The lowest BCUT2D eigenvalue weighted by Crippen LogP contribution is -2.23. The fraction of sp³-hybridized carbons (Fsp3) is 0.556. The Morgan fingerprint density at radius 2 is 2.14 bits per heavy atom. The summed E-state index contributed by atoms with van der Waals surface area (Å²) in [6.07, 6.45) is 3.11. The molecule has 0 radical (unpaired) electrons. The van der Waals surface area contributed by atoms with E-state index in [-0.39, 0.29) is 0 Å². The van der Waals surface area contributed by atoms with E-state index in [0.29, 0.717) is 5.02 Å². The van der Waals surface area contributed by atoms with Gasteiger partial charge in [-0.15, -0.1) is 0 Å². The van der Waals surface area contributed by atoms with Crippen LogP contribution in [0.15, 0.2) is 12.5 Å². The van der Waals surface area contributed by atoms with E-state index in [1.54, 1.807) is 6.20 Å². The number of nitrogens with zero attached hydrogens (tertiary/aromatic N) is 2. The predicted molar refractivity (Wildman–Crippen MR) is 63.7 cm³/mol. The molecule has 3 nitrogen and oxygen atoms in total. The van der Waals surface area contributed by atoms with Gasteiger partial charge in [-0.2, -0.15) is 0 Å². The van der Waals surface area contributed by atoms with Crippen molar-refractivity contribution >= 4 is 25.5 Å². The number of nitrogens with one attached hydrogen (secondary N) is 1. The predicted octanol–water partition coefficient (Wildman–Crippen LogP) is 2.88. The molecule has 0 aliphatic carbocycles. The average Bonchev–Trinajstić information content (AvgIpc) is 2.06. The molecule has 0 aliphatic rings. The summed E-state index contributed by atoms with van der Waals surface area (Å²) in [6.45, 7) is 7.97. The summed E-state index contributed by atoms with van der Waals surface area (Å²) < 4.78 is 0. The first kappa shape index (κ1) is 11.5. The SMILES string of the molecule is C[Si](C)(C)CCNc1ncncc1Cl. The summed E-state index contributed by atoms with van der Waals surface area (Å²) in [6, 6.07) is 1.22. The molecule has 78 valence electrons. The Bertz CT molecular complexity index is 298. The first-order valence-electron chi connectivity index (χ1n) is 4.68. The summed E-state index contributed by atoms with van der Waals surface area (Å²) >= 11 is 5.90. The minimum Gasteiger partial charge on any atom is -0.369 e. The molecular formula is C9H16ClN3Si. The van der Waals surface area contributed by atoms with Crippen LogP contribution in [-0.2, 0) is 0 Å². The Morgan fingerprint density at radius 1 is 1.43 bits per heavy atom. The molecule has 1 heterocycles. The van der Waals surface area contributed by atoms with Crippen LogP contribution in [-0.4, -0.2) is 24.6 Å². The van der Waals surface area contributed by atoms with Gasteiger partial charge >= 0.3 is 0 Å². The first-order chi connectivity index (χ1) is 6.49. The van der Waals surface area contributed by atoms with E-state index in [1.807, 2.05) is 0 Å². The number of hydrogen-bond donors (Lipinski definition) is 1. The largest absolute Gasteiger partial charge is 0.369 e. The normalized spacial score (nSPS) is 11.4. The molecule has 0 saturated heterocycles. The molecule has 1 aromatic rings. The van der Waals surface area contributed by atoms with E-state index >= 15 is 0 Å². The highest BCUT2D eigenvalue weighted by Gasteiger charge is 2.12. The molecule has 0 aromatic carbocycles. The van der Waals surface area contributed by atoms with Gasteiger partial charge in [0.2, 0.25) is 0 Å². The van der Waals surface area contributed by atoms with Crippen molar-refractivity contribution in [2.24, 2.45) is 0 Å². The maximum Gasteiger partial charge on any atom is 0.148 e. The number of anilines is 1. The maximum absolute atomic E-state index is 5.90. The lowest BCUT2D eigenvalue weighted by Gasteiger charge is -2.16. The number of halogens is 1. The van der Waals surface area contributed by atoms with Crippen molar-refractivity contribution in [3.05, 3.63) is 17.5 Å². The number of aromatic nitrogens is 2. The monoisotopic (exact) mass is 229 g/mol. The summed E-state index contributed by atoms with van der Waals surface area (Å²) in [5, 5.41) is 3.81. The van der Waals surface area contributed by atoms with Crippen molar-refractivity contribution < 1.29 is 0 Å². The van der Waals surface area contributed by atoms with Crippen LogP contribution in [0.2, 0.25) is 30.7 Å². The fourth-order valence-corrected chi connectivity index (χ4v) is 2.05. The number of hydrogen-bond acceptors (Lipinski definition) is 3. The molecule has 0 atom stereocenters. The van der Waals surface area contributed by atoms with Gasteiger partial charge in [0.05, 0.1) is 6.20 Å². The quantitative estimate of drug-likeness (QED) is 0.807. The van der Waals surface area contributed by atoms with Crippen LogP contribution in [0.1, 0.15) is 0 Å². The first-order valence-corrected chi connectivity index (χ1v) is 8.77. The Kier molecular flexibility index (Phi) is 3.89. The molecule has 0 fully saturated rings. The zero-order chi connectivity index (χ0) is 10.6. The molecular weight excluding hydrogens is 214 g/mol. The Balaban J connectivity index is 2.43. The second-order valence-corrected chi connectivity index (χ2v) is 10.5. The Labute approximate surface area is 90.9 Å². The number of rotatable bonds is 4. The van der Waals surface area contributed by atoms with Gasteiger partial charge in [-0.1, -0.05) is 31.2 Å². The van der Waals surface area contributed by atoms with Crippen LogP contribution in [0.5, 0.6) is 0 Å². The van der Waals surface area contributed by atoms with E-state index in [0.717, 1.165) is 12.4 Å². The van der Waals surface area contributed by atoms with Gasteiger partial charge in [0.15, 0.2) is 0 Å². The van der Waals surface area contributed by atoms with Crippen LogP contribution >= 0.6 is 11.6 Å². The van der Waals surface area contributed by atoms with Gasteiger partial charge in [0.1, 0.15) is 17.2 Å². The van der Waals surface area contributed by atoms with Gasteiger partial charge in [-0.05, 0) is 6.04 Å². The molecule has 0 aliphatic heterocycles. The van der Waals surface area contributed by atoms with Crippen molar-refractivity contribution in [1.29, 1.82) is 0 Å². The fourth-order valence-electron chi connectivity index (χ4n) is 0.999. The molecule has 0 spiro atoms. The molecule has 1 rings (SSSR count). The Hall–Kier alpha value is -0.613. The van der Waals surface area contributed by atoms with Crippen LogP contribution < -0.4 is 5.32 Å². The topological polar surface area (TPSA) is 37.8 Å². The molecule has 14 heavy (non-hydrogen) atoms. The van der Waals surface area contributed by atoms with Crippen LogP contribution in [0.25, 0.3) is 0 Å². The minimum atomic E-state index is -0.977. The average molecular weight is 230 g/mol. The minimum absolute atomic E-state index is 0.586. The van der Waals surface area contributed by atoms with Crippen molar-refractivity contribution in [2.75, 3.05) is 11.9 Å². The van der Waals surface area contributed by atoms with Crippen LogP contribution in [0, 0.1) is 0 Å². The lowest BCUT2D eigenvalue weighted by atomic mass is 10.5. The molecule has 0 bridgehead atoms. The molecule has 0 amide bonds. The van der Waals surface area contributed by atoms with Crippen molar-refractivity contribution in [3.63, 3.8) is 0 Å². The Morgan fingerprint density at radius 3 is 2.71 bits per heavy atom. The van der Waals surface area contributed by atoms with E-state index in [9.17, 15) is 0 Å². The molecule has 0 unspecified atom stereocenters. The van der Waals surface area contributed by atoms with Crippen molar-refractivity contribution in [1.82, 2.24) is 9.97 Å². The van der Waals surface area contributed by atoms with Crippen molar-refractivity contribution in [2.45, 2.75) is 25.7 Å². The second kappa shape index (κ2) is 4.75. The summed E-state index contributed by atoms with van der Waals surface area (Å²) in [7, 11) is -0.977. The summed E-state index contributed by atoms with van der Waals surface area (Å²) in [4.78, 5) is 7.89. The van der Waals surface area contributed by atoms with Gasteiger partial charge in [0.25, 0.3) is 0 Å². The maximum atomic E-state index is 5.90. The zero-order valence-corrected chi connectivity index (χ0v) is 10.6. The van der Waals surface area contributed by atoms with E-state index in [2.05, 4.69) is 34.9 Å². The van der Waals surface area contributed by atoms with E-state index < -0.39 is 8.07 Å². The molecule has 1 aromatic heterocycles. The van der Waals surface area contributed by atoms with Gasteiger partial charge in [-0.3, -0.25) is 0 Å².